The lowest BCUT2D eigenvalue weighted by Crippen LogP contribution is -2.09. The van der Waals surface area contributed by atoms with Crippen LogP contribution >= 0.6 is 15.9 Å². The van der Waals surface area contributed by atoms with E-state index in [0.717, 1.165) is 6.42 Å². The maximum absolute atomic E-state index is 3.66. The van der Waals surface area contributed by atoms with E-state index >= 15 is 0 Å². The molecule has 0 aromatic heterocycles. The summed E-state index contributed by atoms with van der Waals surface area (Å²) in [5.41, 5.74) is 1.74. The normalized spacial score (nSPS) is 12.0. The Morgan fingerprint density at radius 3 is 2.44 bits per heavy atom. The van der Waals surface area contributed by atoms with Gasteiger partial charge in [-0.3, -0.25) is 0 Å². The largest absolute Gasteiger partial charge is 0.0616 e. The van der Waals surface area contributed by atoms with Crippen molar-refractivity contribution < 1.29 is 0 Å². The Kier molecular flexibility index (Phi) is 3.07. The van der Waals surface area contributed by atoms with Gasteiger partial charge in [0.25, 0.3) is 0 Å². The lowest BCUT2D eigenvalue weighted by molar-refractivity contribution is 0.411. The Morgan fingerprint density at radius 2 is 1.75 bits per heavy atom. The fourth-order valence-electron chi connectivity index (χ4n) is 2.04. The molecule has 0 N–H and O–H groups in total. The molecule has 2 aromatic rings. The van der Waals surface area contributed by atoms with E-state index in [2.05, 4.69) is 73.1 Å². The van der Waals surface area contributed by atoms with Gasteiger partial charge in [0.05, 0.1) is 0 Å². The van der Waals surface area contributed by atoms with Gasteiger partial charge in [-0.2, -0.15) is 0 Å². The topological polar surface area (TPSA) is 0 Å². The van der Waals surface area contributed by atoms with Gasteiger partial charge in [-0.15, -0.1) is 0 Å². The first-order valence-corrected chi connectivity index (χ1v) is 6.42. The van der Waals surface area contributed by atoms with E-state index in [1.165, 1.54) is 20.8 Å². The van der Waals surface area contributed by atoms with Crippen molar-refractivity contribution in [3.63, 3.8) is 0 Å². The highest BCUT2D eigenvalue weighted by Crippen LogP contribution is 2.29. The fourth-order valence-corrected chi connectivity index (χ4v) is 2.69. The molecule has 0 atom stereocenters. The number of benzene rings is 2. The molecule has 0 bridgehead atoms. The first-order chi connectivity index (χ1) is 7.46. The van der Waals surface area contributed by atoms with Gasteiger partial charge in [0.15, 0.2) is 0 Å². The molecule has 0 aliphatic rings. The Labute approximate surface area is 106 Å². The number of hydrogen-bond acceptors (Lipinski definition) is 0. The van der Waals surface area contributed by atoms with Crippen LogP contribution in [0.5, 0.6) is 0 Å². The zero-order chi connectivity index (χ0) is 11.8. The zero-order valence-corrected chi connectivity index (χ0v) is 11.6. The van der Waals surface area contributed by atoms with Gasteiger partial charge in [-0.25, -0.2) is 0 Å². The first-order valence-electron chi connectivity index (χ1n) is 5.63. The summed E-state index contributed by atoms with van der Waals surface area (Å²) < 4.78 is 1.20. The minimum absolute atomic E-state index is 0.335. The number of rotatable bonds is 1. The summed E-state index contributed by atoms with van der Waals surface area (Å²) in [4.78, 5) is 0. The second kappa shape index (κ2) is 4.21. The molecule has 0 radical (unpaired) electrons. The summed E-state index contributed by atoms with van der Waals surface area (Å²) in [5.74, 6) is 0. The van der Waals surface area contributed by atoms with Crippen LogP contribution in [0.25, 0.3) is 10.8 Å². The maximum Gasteiger partial charge on any atom is 0.0256 e. The van der Waals surface area contributed by atoms with Crippen LogP contribution in [0.3, 0.4) is 0 Å². The Morgan fingerprint density at radius 1 is 1.06 bits per heavy atom. The van der Waals surface area contributed by atoms with Crippen molar-refractivity contribution in [1.29, 1.82) is 0 Å². The molecule has 0 spiro atoms. The van der Waals surface area contributed by atoms with E-state index in [-0.39, 0.29) is 0 Å². The minimum Gasteiger partial charge on any atom is -0.0616 e. The van der Waals surface area contributed by atoms with Crippen LogP contribution in [-0.4, -0.2) is 0 Å². The Balaban J connectivity index is 2.50. The average molecular weight is 277 g/mol. The minimum atomic E-state index is 0.335. The SMILES string of the molecule is CC(C)(C)Cc1cc(Br)c2ccccc2c1. The van der Waals surface area contributed by atoms with Gasteiger partial charge in [-0.1, -0.05) is 67.0 Å². The van der Waals surface area contributed by atoms with Crippen molar-refractivity contribution in [3.05, 3.63) is 46.4 Å². The Bertz CT molecular complexity index is 506. The third-order valence-corrected chi connectivity index (χ3v) is 3.26. The van der Waals surface area contributed by atoms with Crippen LogP contribution in [0.15, 0.2) is 40.9 Å². The van der Waals surface area contributed by atoms with E-state index in [9.17, 15) is 0 Å². The third-order valence-electron chi connectivity index (χ3n) is 2.61. The molecule has 1 heteroatoms. The predicted octanol–water partition coefficient (Wildman–Crippen LogP) is 5.19. The van der Waals surface area contributed by atoms with Crippen LogP contribution in [0.4, 0.5) is 0 Å². The smallest absolute Gasteiger partial charge is 0.0256 e. The van der Waals surface area contributed by atoms with E-state index in [1.54, 1.807) is 0 Å². The predicted molar refractivity (Wildman–Crippen MR) is 74.8 cm³/mol. The summed E-state index contributed by atoms with van der Waals surface area (Å²) in [6.07, 6.45) is 1.11. The molecule has 0 unspecified atom stereocenters. The Hall–Kier alpha value is -0.820. The molecule has 2 rings (SSSR count). The molecule has 0 aliphatic heterocycles. The molecule has 2 aromatic carbocycles. The van der Waals surface area contributed by atoms with E-state index in [4.69, 9.17) is 0 Å². The first kappa shape index (κ1) is 11.7. The van der Waals surface area contributed by atoms with Crippen LogP contribution in [0, 0.1) is 5.41 Å². The summed E-state index contributed by atoms with van der Waals surface area (Å²) in [6, 6.07) is 13.0. The highest BCUT2D eigenvalue weighted by Gasteiger charge is 2.12. The van der Waals surface area contributed by atoms with Crippen LogP contribution < -0.4 is 0 Å². The van der Waals surface area contributed by atoms with E-state index < -0.39 is 0 Å². The highest BCUT2D eigenvalue weighted by atomic mass is 79.9. The van der Waals surface area contributed by atoms with Gasteiger partial charge in [0, 0.05) is 4.47 Å². The van der Waals surface area contributed by atoms with Gasteiger partial charge in [-0.05, 0) is 34.2 Å². The molecule has 84 valence electrons. The lowest BCUT2D eigenvalue weighted by atomic mass is 9.87. The standard InChI is InChI=1S/C15H17Br/c1-15(2,3)10-11-8-12-6-4-5-7-13(12)14(16)9-11/h4-9H,10H2,1-3H3. The molecule has 0 aliphatic carbocycles. The van der Waals surface area contributed by atoms with Crippen LogP contribution in [0.1, 0.15) is 26.3 Å². The molecule has 16 heavy (non-hydrogen) atoms. The zero-order valence-electron chi connectivity index (χ0n) is 10.0. The summed E-state index contributed by atoms with van der Waals surface area (Å²) >= 11 is 3.66. The number of fused-ring (bicyclic) bond motifs is 1. The molecule has 0 nitrogen and oxygen atoms in total. The van der Waals surface area contributed by atoms with Crippen molar-refractivity contribution in [2.45, 2.75) is 27.2 Å². The summed E-state index contributed by atoms with van der Waals surface area (Å²) in [7, 11) is 0. The van der Waals surface area contributed by atoms with Crippen LogP contribution in [-0.2, 0) is 6.42 Å². The molecule has 0 saturated heterocycles. The number of hydrogen-bond donors (Lipinski definition) is 0. The van der Waals surface area contributed by atoms with Crippen molar-refractivity contribution in [3.8, 4) is 0 Å². The maximum atomic E-state index is 3.66. The molecule has 0 amide bonds. The summed E-state index contributed by atoms with van der Waals surface area (Å²) in [6.45, 7) is 6.82. The van der Waals surface area contributed by atoms with E-state index in [1.807, 2.05) is 0 Å². The molecule has 0 heterocycles. The van der Waals surface area contributed by atoms with E-state index in [0.29, 0.717) is 5.41 Å². The fraction of sp³-hybridized carbons (Fsp3) is 0.333. The molecule has 0 saturated carbocycles. The second-order valence-corrected chi connectivity index (χ2v) is 6.39. The van der Waals surface area contributed by atoms with Crippen molar-refractivity contribution >= 4 is 26.7 Å². The van der Waals surface area contributed by atoms with Crippen molar-refractivity contribution in [1.82, 2.24) is 0 Å². The van der Waals surface area contributed by atoms with Crippen molar-refractivity contribution in [2.75, 3.05) is 0 Å². The second-order valence-electron chi connectivity index (χ2n) is 5.54. The highest BCUT2D eigenvalue weighted by molar-refractivity contribution is 9.10. The quantitative estimate of drug-likeness (QED) is 0.672. The lowest BCUT2D eigenvalue weighted by Gasteiger charge is -2.18. The number of halogens is 1. The third kappa shape index (κ3) is 2.65. The monoisotopic (exact) mass is 276 g/mol. The van der Waals surface area contributed by atoms with Gasteiger partial charge < -0.3 is 0 Å². The van der Waals surface area contributed by atoms with Crippen molar-refractivity contribution in [2.24, 2.45) is 5.41 Å². The average Bonchev–Trinajstić information content (AvgIpc) is 2.15. The van der Waals surface area contributed by atoms with Gasteiger partial charge in [0.1, 0.15) is 0 Å². The molecular formula is C15H17Br. The van der Waals surface area contributed by atoms with Crippen LogP contribution in [0.2, 0.25) is 0 Å². The molecule has 0 fully saturated rings. The summed E-state index contributed by atoms with van der Waals surface area (Å²) in [5, 5.41) is 2.61. The molecular weight excluding hydrogens is 260 g/mol. The van der Waals surface area contributed by atoms with Gasteiger partial charge >= 0.3 is 0 Å². The van der Waals surface area contributed by atoms with Gasteiger partial charge in [0.2, 0.25) is 0 Å².